The number of primary amides is 1. The smallest absolute Gasteiger partial charge is 0.249 e. The summed E-state index contributed by atoms with van der Waals surface area (Å²) in [6, 6.07) is 5.51. The molecular weight excluding hydrogens is 434 g/mol. The Morgan fingerprint density at radius 1 is 1.16 bits per heavy atom. The summed E-state index contributed by atoms with van der Waals surface area (Å²) in [7, 11) is 2.17. The highest BCUT2D eigenvalue weighted by atomic mass is 35.5. The topological polar surface area (TPSA) is 82.8 Å². The van der Waals surface area contributed by atoms with E-state index in [1.165, 1.54) is 11.3 Å². The minimum Gasteiger partial charge on any atom is -0.366 e. The van der Waals surface area contributed by atoms with Crippen molar-refractivity contribution in [2.45, 2.75) is 25.3 Å². The fraction of sp³-hybridized carbons (Fsp3) is 0.500. The number of likely N-dealkylation sites (tertiary alicyclic amines) is 1. The quantitative estimate of drug-likeness (QED) is 0.739. The number of benzene rings is 1. The van der Waals surface area contributed by atoms with Crippen LogP contribution in [0.25, 0.3) is 10.6 Å². The van der Waals surface area contributed by atoms with E-state index in [2.05, 4.69) is 21.8 Å². The van der Waals surface area contributed by atoms with E-state index in [4.69, 9.17) is 17.3 Å². The largest absolute Gasteiger partial charge is 0.366 e. The van der Waals surface area contributed by atoms with E-state index in [9.17, 15) is 9.59 Å². The lowest BCUT2D eigenvalue weighted by atomic mass is 10.0. The summed E-state index contributed by atoms with van der Waals surface area (Å²) in [5.74, 6) is -0.419. The van der Waals surface area contributed by atoms with Crippen molar-refractivity contribution in [1.29, 1.82) is 0 Å². The third-order valence-corrected chi connectivity index (χ3v) is 7.39. The van der Waals surface area contributed by atoms with Gasteiger partial charge in [0.1, 0.15) is 5.01 Å². The Bertz CT molecular complexity index is 949. The number of carbonyl (C=O) groups is 2. The number of piperidine rings is 1. The molecule has 1 aromatic heterocycles. The average Bonchev–Trinajstić information content (AvgIpc) is 3.22. The number of amides is 2. The fourth-order valence-corrected chi connectivity index (χ4v) is 5.38. The van der Waals surface area contributed by atoms with Crippen LogP contribution >= 0.6 is 22.9 Å². The lowest BCUT2D eigenvalue weighted by Gasteiger charge is -2.42. The van der Waals surface area contributed by atoms with Crippen LogP contribution in [0.2, 0.25) is 5.02 Å². The molecule has 2 amide bonds. The molecule has 31 heavy (non-hydrogen) atoms. The van der Waals surface area contributed by atoms with Gasteiger partial charge in [0.05, 0.1) is 12.1 Å². The highest BCUT2D eigenvalue weighted by molar-refractivity contribution is 7.13. The average molecular weight is 462 g/mol. The van der Waals surface area contributed by atoms with Gasteiger partial charge >= 0.3 is 0 Å². The van der Waals surface area contributed by atoms with Crippen molar-refractivity contribution in [3.63, 3.8) is 0 Å². The van der Waals surface area contributed by atoms with Crippen molar-refractivity contribution in [2.24, 2.45) is 5.73 Å². The van der Waals surface area contributed by atoms with Crippen molar-refractivity contribution in [2.75, 3.05) is 46.3 Å². The Morgan fingerprint density at radius 3 is 2.55 bits per heavy atom. The van der Waals surface area contributed by atoms with Crippen LogP contribution in [0.3, 0.4) is 0 Å². The Labute approximate surface area is 191 Å². The lowest BCUT2D eigenvalue weighted by Crippen LogP contribution is -2.53. The minimum atomic E-state index is -0.525. The van der Waals surface area contributed by atoms with E-state index in [0.717, 1.165) is 52.1 Å². The van der Waals surface area contributed by atoms with Gasteiger partial charge < -0.3 is 15.5 Å². The van der Waals surface area contributed by atoms with E-state index < -0.39 is 5.91 Å². The molecule has 9 heteroatoms. The number of hydrogen-bond donors (Lipinski definition) is 1. The van der Waals surface area contributed by atoms with Crippen molar-refractivity contribution >= 4 is 34.8 Å². The Morgan fingerprint density at radius 2 is 1.87 bits per heavy atom. The lowest BCUT2D eigenvalue weighted by molar-refractivity contribution is -0.132. The molecule has 2 aliphatic rings. The van der Waals surface area contributed by atoms with Crippen molar-refractivity contribution in [1.82, 2.24) is 19.7 Å². The maximum atomic E-state index is 12.8. The van der Waals surface area contributed by atoms with Gasteiger partial charge in [0.25, 0.3) is 0 Å². The van der Waals surface area contributed by atoms with E-state index in [1.54, 1.807) is 18.2 Å². The molecule has 0 radical (unpaired) electrons. The summed E-state index contributed by atoms with van der Waals surface area (Å²) in [5, 5.41) is 3.03. The van der Waals surface area contributed by atoms with Crippen LogP contribution in [-0.2, 0) is 11.2 Å². The number of thiazole rings is 1. The standard InChI is InChI=1S/C22H28ClN5O2S/c1-26-8-10-27(11-9-26)17-4-6-28(7-5-17)20(29)13-16-14-31-22(25-16)19-12-15(23)2-3-18(19)21(24)30/h2-3,12,14,17H,4-11,13H2,1H3,(H2,24,30). The third kappa shape index (κ3) is 5.26. The predicted octanol–water partition coefficient (Wildman–Crippen LogP) is 2.34. The van der Waals surface area contributed by atoms with E-state index in [0.29, 0.717) is 32.9 Å². The molecular formula is C22H28ClN5O2S. The zero-order valence-electron chi connectivity index (χ0n) is 17.7. The number of halogens is 1. The first-order chi connectivity index (χ1) is 14.9. The first kappa shape index (κ1) is 22.2. The zero-order valence-corrected chi connectivity index (χ0v) is 19.3. The van der Waals surface area contributed by atoms with Crippen LogP contribution in [0.1, 0.15) is 28.9 Å². The van der Waals surface area contributed by atoms with E-state index >= 15 is 0 Å². The molecule has 4 rings (SSSR count). The second-order valence-corrected chi connectivity index (χ2v) is 9.62. The molecule has 0 unspecified atom stereocenters. The van der Waals surface area contributed by atoms with Gasteiger partial charge in [-0.25, -0.2) is 4.98 Å². The normalized spacial score (nSPS) is 19.0. The van der Waals surface area contributed by atoms with Crippen LogP contribution in [0.4, 0.5) is 0 Å². The molecule has 0 spiro atoms. The Kier molecular flexibility index (Phi) is 6.91. The SMILES string of the molecule is CN1CCN(C2CCN(C(=O)Cc3csc(-c4cc(Cl)ccc4C(N)=O)n3)CC2)CC1. The molecule has 0 aliphatic carbocycles. The van der Waals surface area contributed by atoms with Crippen LogP contribution in [-0.4, -0.2) is 83.9 Å². The van der Waals surface area contributed by atoms with Gasteiger partial charge in [-0.15, -0.1) is 11.3 Å². The summed E-state index contributed by atoms with van der Waals surface area (Å²) in [6.45, 7) is 6.08. The molecule has 0 saturated carbocycles. The summed E-state index contributed by atoms with van der Waals surface area (Å²) < 4.78 is 0. The molecule has 2 aromatic rings. The number of aromatic nitrogens is 1. The van der Waals surface area contributed by atoms with Crippen molar-refractivity contribution in [3.05, 3.63) is 39.9 Å². The summed E-state index contributed by atoms with van der Waals surface area (Å²) >= 11 is 7.49. The molecule has 7 nitrogen and oxygen atoms in total. The minimum absolute atomic E-state index is 0.106. The van der Waals surface area contributed by atoms with Crippen LogP contribution in [0, 0.1) is 0 Å². The van der Waals surface area contributed by atoms with E-state index in [1.807, 2.05) is 10.3 Å². The molecule has 0 bridgehead atoms. The molecule has 1 aromatic carbocycles. The van der Waals surface area contributed by atoms with Crippen LogP contribution < -0.4 is 5.73 Å². The molecule has 2 saturated heterocycles. The number of nitrogens with two attached hydrogens (primary N) is 1. The molecule has 2 aliphatic heterocycles. The summed E-state index contributed by atoms with van der Waals surface area (Å²) in [6.07, 6.45) is 2.33. The van der Waals surface area contributed by atoms with Gasteiger partial charge in [0.2, 0.25) is 11.8 Å². The highest BCUT2D eigenvalue weighted by Gasteiger charge is 2.28. The van der Waals surface area contributed by atoms with Gasteiger partial charge in [-0.2, -0.15) is 0 Å². The summed E-state index contributed by atoms with van der Waals surface area (Å²) in [4.78, 5) is 36.1. The zero-order chi connectivity index (χ0) is 22.0. The number of likely N-dealkylation sites (N-methyl/N-ethyl adjacent to an activating group) is 1. The molecule has 2 N–H and O–H groups in total. The monoisotopic (exact) mass is 461 g/mol. The Balaban J connectivity index is 1.35. The molecule has 0 atom stereocenters. The Hall–Kier alpha value is -2.00. The third-order valence-electron chi connectivity index (χ3n) is 6.23. The second-order valence-electron chi connectivity index (χ2n) is 8.33. The number of hydrogen-bond acceptors (Lipinski definition) is 6. The molecule has 2 fully saturated rings. The maximum Gasteiger partial charge on any atom is 0.249 e. The van der Waals surface area contributed by atoms with Gasteiger partial charge in [-0.05, 0) is 38.1 Å². The first-order valence-corrected chi connectivity index (χ1v) is 11.9. The van der Waals surface area contributed by atoms with Gasteiger partial charge in [0, 0.05) is 66.8 Å². The first-order valence-electron chi connectivity index (χ1n) is 10.6. The number of carbonyl (C=O) groups excluding carboxylic acids is 2. The second kappa shape index (κ2) is 9.65. The van der Waals surface area contributed by atoms with Crippen LogP contribution in [0.5, 0.6) is 0 Å². The van der Waals surface area contributed by atoms with Gasteiger partial charge in [-0.1, -0.05) is 11.6 Å². The highest BCUT2D eigenvalue weighted by Crippen LogP contribution is 2.30. The number of piperazine rings is 1. The molecule has 3 heterocycles. The van der Waals surface area contributed by atoms with Crippen molar-refractivity contribution in [3.8, 4) is 10.6 Å². The summed E-state index contributed by atoms with van der Waals surface area (Å²) in [5.41, 5.74) is 7.18. The fourth-order valence-electron chi connectivity index (χ4n) is 4.35. The van der Waals surface area contributed by atoms with Gasteiger partial charge in [-0.3, -0.25) is 14.5 Å². The molecule has 166 valence electrons. The number of nitrogens with zero attached hydrogens (tertiary/aromatic N) is 4. The predicted molar refractivity (Wildman–Crippen MR) is 123 cm³/mol. The van der Waals surface area contributed by atoms with Crippen molar-refractivity contribution < 1.29 is 9.59 Å². The van der Waals surface area contributed by atoms with Gasteiger partial charge in [0.15, 0.2) is 0 Å². The van der Waals surface area contributed by atoms with Crippen LogP contribution in [0.15, 0.2) is 23.6 Å². The maximum absolute atomic E-state index is 12.8. The number of rotatable bonds is 5. The van der Waals surface area contributed by atoms with E-state index in [-0.39, 0.29) is 12.3 Å².